The van der Waals surface area contributed by atoms with E-state index in [1.807, 2.05) is 30.3 Å². The molecule has 2 aromatic carbocycles. The monoisotopic (exact) mass is 255 g/mol. The topological polar surface area (TPSA) is 21.3 Å². The summed E-state index contributed by atoms with van der Waals surface area (Å²) in [6, 6.07) is 16.8. The van der Waals surface area contributed by atoms with Crippen molar-refractivity contribution in [1.82, 2.24) is 5.32 Å². The number of rotatable bonds is 5. The number of hydrogen-bond donors (Lipinski definition) is 1. The van der Waals surface area contributed by atoms with E-state index in [0.29, 0.717) is 6.04 Å². The minimum absolute atomic E-state index is 0.503. The highest BCUT2D eigenvalue weighted by Crippen LogP contribution is 2.24. The molecule has 0 saturated heterocycles. The molecule has 0 fully saturated rings. The first-order valence-electron chi connectivity index (χ1n) is 6.71. The average molecular weight is 255 g/mol. The van der Waals surface area contributed by atoms with Gasteiger partial charge in [0.05, 0.1) is 0 Å². The van der Waals surface area contributed by atoms with Crippen LogP contribution in [0.5, 0.6) is 11.5 Å². The van der Waals surface area contributed by atoms with E-state index in [2.05, 4.69) is 44.3 Å². The highest BCUT2D eigenvalue weighted by molar-refractivity contribution is 5.37. The largest absolute Gasteiger partial charge is 0.457 e. The standard InChI is InChI=1S/C17H21NO/c1-13(2)18-12-15-8-10-16(11-9-15)19-17-7-5-4-6-14(17)3/h4-11,13,18H,12H2,1-3H3. The van der Waals surface area contributed by atoms with Gasteiger partial charge in [-0.1, -0.05) is 44.2 Å². The van der Waals surface area contributed by atoms with E-state index >= 15 is 0 Å². The predicted molar refractivity (Wildman–Crippen MR) is 79.7 cm³/mol. The molecule has 2 aromatic rings. The van der Waals surface area contributed by atoms with Crippen LogP contribution in [0.15, 0.2) is 48.5 Å². The third kappa shape index (κ3) is 4.11. The van der Waals surface area contributed by atoms with Crippen LogP contribution >= 0.6 is 0 Å². The van der Waals surface area contributed by atoms with Crippen LogP contribution in [0.2, 0.25) is 0 Å². The Morgan fingerprint density at radius 1 is 1.00 bits per heavy atom. The van der Waals surface area contributed by atoms with Crippen molar-refractivity contribution in [3.8, 4) is 11.5 Å². The second-order valence-corrected chi connectivity index (χ2v) is 5.05. The Morgan fingerprint density at radius 3 is 2.32 bits per heavy atom. The molecule has 0 saturated carbocycles. The van der Waals surface area contributed by atoms with Gasteiger partial charge in [-0.2, -0.15) is 0 Å². The van der Waals surface area contributed by atoms with Gasteiger partial charge in [0.2, 0.25) is 0 Å². The van der Waals surface area contributed by atoms with Crippen molar-refractivity contribution >= 4 is 0 Å². The minimum Gasteiger partial charge on any atom is -0.457 e. The Morgan fingerprint density at radius 2 is 1.68 bits per heavy atom. The zero-order valence-corrected chi connectivity index (χ0v) is 11.8. The first-order valence-corrected chi connectivity index (χ1v) is 6.71. The van der Waals surface area contributed by atoms with Gasteiger partial charge in [0.1, 0.15) is 11.5 Å². The van der Waals surface area contributed by atoms with E-state index in [1.54, 1.807) is 0 Å². The van der Waals surface area contributed by atoms with Crippen LogP contribution in [-0.4, -0.2) is 6.04 Å². The van der Waals surface area contributed by atoms with Crippen molar-refractivity contribution in [1.29, 1.82) is 0 Å². The van der Waals surface area contributed by atoms with Crippen LogP contribution in [0.3, 0.4) is 0 Å². The van der Waals surface area contributed by atoms with Gasteiger partial charge in [-0.05, 0) is 36.2 Å². The molecule has 19 heavy (non-hydrogen) atoms. The smallest absolute Gasteiger partial charge is 0.130 e. The lowest BCUT2D eigenvalue weighted by Gasteiger charge is -2.10. The fourth-order valence-corrected chi connectivity index (χ4v) is 1.80. The molecule has 0 aliphatic rings. The van der Waals surface area contributed by atoms with Crippen LogP contribution in [-0.2, 0) is 6.54 Å². The molecule has 0 bridgehead atoms. The Hall–Kier alpha value is -1.80. The van der Waals surface area contributed by atoms with Gasteiger partial charge in [0.15, 0.2) is 0 Å². The van der Waals surface area contributed by atoms with Crippen molar-refractivity contribution in [3.05, 3.63) is 59.7 Å². The molecule has 0 aliphatic carbocycles. The van der Waals surface area contributed by atoms with Gasteiger partial charge in [0.25, 0.3) is 0 Å². The Kier molecular flexibility index (Phi) is 4.58. The molecule has 2 heteroatoms. The molecule has 0 heterocycles. The number of hydrogen-bond acceptors (Lipinski definition) is 2. The molecule has 0 unspecified atom stereocenters. The van der Waals surface area contributed by atoms with E-state index in [0.717, 1.165) is 23.6 Å². The summed E-state index contributed by atoms with van der Waals surface area (Å²) in [6.07, 6.45) is 0. The predicted octanol–water partition coefficient (Wildman–Crippen LogP) is 4.29. The van der Waals surface area contributed by atoms with Gasteiger partial charge in [-0.3, -0.25) is 0 Å². The summed E-state index contributed by atoms with van der Waals surface area (Å²) < 4.78 is 5.87. The quantitative estimate of drug-likeness (QED) is 0.860. The molecule has 0 amide bonds. The molecule has 2 nitrogen and oxygen atoms in total. The molecule has 0 aromatic heterocycles. The van der Waals surface area contributed by atoms with Crippen LogP contribution in [0, 0.1) is 6.92 Å². The summed E-state index contributed by atoms with van der Waals surface area (Å²) in [7, 11) is 0. The molecule has 0 spiro atoms. The highest BCUT2D eigenvalue weighted by Gasteiger charge is 2.01. The SMILES string of the molecule is Cc1ccccc1Oc1ccc(CNC(C)C)cc1. The summed E-state index contributed by atoms with van der Waals surface area (Å²) in [4.78, 5) is 0. The summed E-state index contributed by atoms with van der Waals surface area (Å²) in [5.41, 5.74) is 2.42. The maximum atomic E-state index is 5.87. The Labute approximate surface area is 115 Å². The number of benzene rings is 2. The third-order valence-corrected chi connectivity index (χ3v) is 2.96. The van der Waals surface area contributed by atoms with E-state index < -0.39 is 0 Å². The van der Waals surface area contributed by atoms with Crippen molar-refractivity contribution in [3.63, 3.8) is 0 Å². The minimum atomic E-state index is 0.503. The number of para-hydroxylation sites is 1. The second-order valence-electron chi connectivity index (χ2n) is 5.05. The van der Waals surface area contributed by atoms with Crippen molar-refractivity contribution in [2.24, 2.45) is 0 Å². The maximum Gasteiger partial charge on any atom is 0.130 e. The van der Waals surface area contributed by atoms with Crippen LogP contribution < -0.4 is 10.1 Å². The molecule has 2 rings (SSSR count). The van der Waals surface area contributed by atoms with E-state index in [9.17, 15) is 0 Å². The van der Waals surface area contributed by atoms with E-state index in [1.165, 1.54) is 5.56 Å². The number of ether oxygens (including phenoxy) is 1. The van der Waals surface area contributed by atoms with Gasteiger partial charge in [-0.15, -0.1) is 0 Å². The van der Waals surface area contributed by atoms with E-state index in [-0.39, 0.29) is 0 Å². The second kappa shape index (κ2) is 6.39. The lowest BCUT2D eigenvalue weighted by atomic mass is 10.2. The van der Waals surface area contributed by atoms with Crippen molar-refractivity contribution < 1.29 is 4.74 Å². The molecule has 0 aliphatic heterocycles. The first kappa shape index (κ1) is 13.6. The van der Waals surface area contributed by atoms with E-state index in [4.69, 9.17) is 4.74 Å². The molecular formula is C17H21NO. The lowest BCUT2D eigenvalue weighted by molar-refractivity contribution is 0.478. The zero-order chi connectivity index (χ0) is 13.7. The third-order valence-electron chi connectivity index (χ3n) is 2.96. The van der Waals surface area contributed by atoms with Crippen LogP contribution in [0.25, 0.3) is 0 Å². The molecule has 0 atom stereocenters. The van der Waals surface area contributed by atoms with Gasteiger partial charge in [-0.25, -0.2) is 0 Å². The summed E-state index contributed by atoms with van der Waals surface area (Å²) >= 11 is 0. The maximum absolute atomic E-state index is 5.87. The summed E-state index contributed by atoms with van der Waals surface area (Å²) in [5.74, 6) is 1.79. The molecule has 1 N–H and O–H groups in total. The first-order chi connectivity index (χ1) is 9.15. The van der Waals surface area contributed by atoms with Crippen LogP contribution in [0.1, 0.15) is 25.0 Å². The van der Waals surface area contributed by atoms with Crippen LogP contribution in [0.4, 0.5) is 0 Å². The van der Waals surface area contributed by atoms with Crippen molar-refractivity contribution in [2.45, 2.75) is 33.4 Å². The van der Waals surface area contributed by atoms with Gasteiger partial charge in [0, 0.05) is 12.6 Å². The molecular weight excluding hydrogens is 234 g/mol. The van der Waals surface area contributed by atoms with Crippen molar-refractivity contribution in [2.75, 3.05) is 0 Å². The number of aryl methyl sites for hydroxylation is 1. The fraction of sp³-hybridized carbons (Fsp3) is 0.294. The normalized spacial score (nSPS) is 10.7. The summed E-state index contributed by atoms with van der Waals surface area (Å²) in [5, 5.41) is 3.40. The lowest BCUT2D eigenvalue weighted by Crippen LogP contribution is -2.21. The Balaban J connectivity index is 2.01. The molecule has 100 valence electrons. The zero-order valence-electron chi connectivity index (χ0n) is 11.8. The number of nitrogens with one attached hydrogen (secondary N) is 1. The fourth-order valence-electron chi connectivity index (χ4n) is 1.80. The Bertz CT molecular complexity index is 517. The average Bonchev–Trinajstić information content (AvgIpc) is 2.40. The molecule has 0 radical (unpaired) electrons. The van der Waals surface area contributed by atoms with Gasteiger partial charge >= 0.3 is 0 Å². The van der Waals surface area contributed by atoms with Gasteiger partial charge < -0.3 is 10.1 Å². The summed E-state index contributed by atoms with van der Waals surface area (Å²) in [6.45, 7) is 7.24. The highest BCUT2D eigenvalue weighted by atomic mass is 16.5.